The van der Waals surface area contributed by atoms with Crippen molar-refractivity contribution in [3.8, 4) is 0 Å². The van der Waals surface area contributed by atoms with Crippen LogP contribution in [0, 0.1) is 46.3 Å². The van der Waals surface area contributed by atoms with Gasteiger partial charge in [-0.3, -0.25) is 4.79 Å². The summed E-state index contributed by atoms with van der Waals surface area (Å²) in [6.45, 7) is 58.7. The van der Waals surface area contributed by atoms with Gasteiger partial charge in [0.2, 0.25) is 0 Å². The lowest BCUT2D eigenvalue weighted by Gasteiger charge is -2.45. The van der Waals surface area contributed by atoms with Gasteiger partial charge in [0.05, 0.1) is 46.8 Å². The normalized spacial score (nSPS) is 26.5. The van der Waals surface area contributed by atoms with Gasteiger partial charge in [0.15, 0.2) is 33.3 Å². The number of allylic oxidation sites excluding steroid dienone is 4. The first kappa shape index (κ1) is 94.0. The number of rotatable bonds is 31. The molecule has 2 unspecified atom stereocenters. The Labute approximate surface area is 661 Å². The molecule has 0 radical (unpaired) electrons. The minimum absolute atomic E-state index is 0.0366. The molecule has 10 nitrogen and oxygen atoms in total. The van der Waals surface area contributed by atoms with Crippen LogP contribution in [0.15, 0.2) is 95.6 Å². The average Bonchev–Trinajstić information content (AvgIpc) is 1.64. The highest BCUT2D eigenvalue weighted by Crippen LogP contribution is 2.62. The molecule has 107 heavy (non-hydrogen) atoms. The lowest BCUT2D eigenvalue weighted by molar-refractivity contribution is -0.130. The van der Waals surface area contributed by atoms with Crippen molar-refractivity contribution in [3.63, 3.8) is 0 Å². The van der Waals surface area contributed by atoms with Crippen molar-refractivity contribution in [2.75, 3.05) is 6.16 Å². The highest BCUT2D eigenvalue weighted by molar-refractivity contribution is 7.78. The maximum Gasteiger partial charge on any atom is 0.192 e. The van der Waals surface area contributed by atoms with Crippen molar-refractivity contribution in [1.29, 1.82) is 0 Å². The van der Waals surface area contributed by atoms with Crippen molar-refractivity contribution in [2.45, 2.75) is 413 Å². The summed E-state index contributed by atoms with van der Waals surface area (Å²) in [5.74, 6) is 4.27. The zero-order valence-corrected chi connectivity index (χ0v) is 78.4. The van der Waals surface area contributed by atoms with E-state index in [1.165, 1.54) is 94.6 Å². The smallest absolute Gasteiger partial charge is 0.192 e. The molecule has 0 aliphatic heterocycles. The number of carbonyl (C=O) groups excluding carboxylic acids is 1. The highest BCUT2D eigenvalue weighted by atomic mass is 31.2. The van der Waals surface area contributed by atoms with Crippen LogP contribution < -0.4 is 10.6 Å². The summed E-state index contributed by atoms with van der Waals surface area (Å²) >= 11 is 0. The van der Waals surface area contributed by atoms with Gasteiger partial charge in [0.1, 0.15) is 12.9 Å². The Morgan fingerprint density at radius 3 is 1.28 bits per heavy atom. The lowest BCUT2D eigenvalue weighted by Crippen LogP contribution is -2.48. The van der Waals surface area contributed by atoms with Gasteiger partial charge in [-0.1, -0.05) is 202 Å². The van der Waals surface area contributed by atoms with Gasteiger partial charge < -0.3 is 42.7 Å². The van der Waals surface area contributed by atoms with Crippen molar-refractivity contribution in [3.05, 3.63) is 95.6 Å². The fraction of sp³-hybridized carbons (Fsp3) is 0.793. The zero-order chi connectivity index (χ0) is 80.3. The van der Waals surface area contributed by atoms with Crippen molar-refractivity contribution in [1.82, 2.24) is 0 Å². The molecule has 612 valence electrons. The molecular formula is C92H163O10PSi4. The van der Waals surface area contributed by atoms with E-state index < -0.39 is 63.8 Å². The summed E-state index contributed by atoms with van der Waals surface area (Å²) in [6, 6.07) is 20.0. The SMILES string of the molecule is CC(C)(C)[Si](C)(C)O[C@@H]1CC(=CCP(=O)(c2ccccc2)c2ccccc2)C[C@@H](O[Si](C)(C)C(C)(C)C)C1.CC(C)(CCCC(CCCC(C)(C)O[Si](C)(C)C)[C@H]1CCC2C(=O)CCC[C@@]21C)O[Si](C)(C)C.CC(C)(O)CCCC(CCCC(C)(C)O)[C@H]1CCC2/C(=C/C=C3C[C@@H](O)C[C@H](O)C3)CCC[C@@]21C. The molecule has 15 heteroatoms. The maximum atomic E-state index is 14.6. The molecule has 10 atom stereocenters. The van der Waals surface area contributed by atoms with Crippen LogP contribution in [0.25, 0.3) is 0 Å². The van der Waals surface area contributed by atoms with E-state index in [-0.39, 0.29) is 38.9 Å². The molecule has 6 aliphatic carbocycles. The van der Waals surface area contributed by atoms with Gasteiger partial charge >= 0.3 is 0 Å². The number of Topliss-reactive ketones (excluding diaryl/α,β-unsaturated/α-hetero) is 1. The number of aliphatic hydroxyl groups is 4. The number of hydrogen-bond acceptors (Lipinski definition) is 10. The highest BCUT2D eigenvalue weighted by Gasteiger charge is 2.54. The minimum atomic E-state index is -2.81. The first-order valence-corrected chi connectivity index (χ1v) is 57.4. The number of aliphatic hydroxyl groups excluding tert-OH is 2. The molecule has 0 bridgehead atoms. The third kappa shape index (κ3) is 29.1. The Kier molecular flexibility index (Phi) is 33.6. The molecule has 0 heterocycles. The third-order valence-electron chi connectivity index (χ3n) is 26.8. The monoisotopic (exact) mass is 1570 g/mol. The molecule has 0 saturated heterocycles. The van der Waals surface area contributed by atoms with E-state index in [0.29, 0.717) is 72.1 Å². The predicted molar refractivity (Wildman–Crippen MR) is 466 cm³/mol. The van der Waals surface area contributed by atoms with Crippen LogP contribution in [-0.2, 0) is 27.1 Å². The topological polar surface area (TPSA) is 152 Å². The summed E-state index contributed by atoms with van der Waals surface area (Å²) in [6.07, 6.45) is 36.6. The van der Waals surface area contributed by atoms with Crippen molar-refractivity contribution < 1.29 is 47.5 Å². The summed E-state index contributed by atoms with van der Waals surface area (Å²) in [5.41, 5.74) is 3.36. The number of carbonyl (C=O) groups is 1. The van der Waals surface area contributed by atoms with Gasteiger partial charge in [0.25, 0.3) is 0 Å². The van der Waals surface area contributed by atoms with E-state index in [1.54, 1.807) is 5.57 Å². The Bertz CT molecular complexity index is 3060. The Balaban J connectivity index is 0.000000252. The van der Waals surface area contributed by atoms with E-state index in [4.69, 9.17) is 17.7 Å². The van der Waals surface area contributed by atoms with Crippen LogP contribution in [0.4, 0.5) is 0 Å². The first-order valence-electron chi connectivity index (χ1n) is 42.9. The van der Waals surface area contributed by atoms with Crippen LogP contribution in [0.3, 0.4) is 0 Å². The number of benzene rings is 2. The van der Waals surface area contributed by atoms with E-state index in [9.17, 15) is 29.8 Å². The second-order valence-corrected chi connectivity index (χ2v) is 64.2. The van der Waals surface area contributed by atoms with E-state index in [2.05, 4.69) is 167 Å². The molecule has 0 amide bonds. The van der Waals surface area contributed by atoms with Crippen LogP contribution in [0.2, 0.25) is 75.5 Å². The molecule has 4 N–H and O–H groups in total. The molecular weight excluding hydrogens is 1410 g/mol. The fourth-order valence-electron chi connectivity index (χ4n) is 20.0. The second-order valence-electron chi connectivity index (χ2n) is 42.9. The average molecular weight is 1570 g/mol. The summed E-state index contributed by atoms with van der Waals surface area (Å²) in [5, 5.41) is 42.8. The second kappa shape index (κ2) is 38.2. The largest absolute Gasteiger partial charge is 0.414 e. The van der Waals surface area contributed by atoms with E-state index in [0.717, 1.165) is 87.7 Å². The Morgan fingerprint density at radius 2 is 0.888 bits per heavy atom. The summed E-state index contributed by atoms with van der Waals surface area (Å²) < 4.78 is 41.6. The number of ketones is 1. The van der Waals surface area contributed by atoms with Gasteiger partial charge in [-0.05, 0) is 293 Å². The maximum absolute atomic E-state index is 14.6. The third-order valence-corrected chi connectivity index (χ3v) is 41.2. The summed E-state index contributed by atoms with van der Waals surface area (Å²) in [4.78, 5) is 12.8. The van der Waals surface area contributed by atoms with Crippen molar-refractivity contribution >= 4 is 56.8 Å². The van der Waals surface area contributed by atoms with Gasteiger partial charge in [-0.15, -0.1) is 0 Å². The molecule has 0 aromatic heterocycles. The van der Waals surface area contributed by atoms with Gasteiger partial charge in [0, 0.05) is 29.1 Å². The molecule has 6 saturated carbocycles. The minimum Gasteiger partial charge on any atom is -0.414 e. The van der Waals surface area contributed by atoms with Gasteiger partial charge in [-0.2, -0.15) is 0 Å². The van der Waals surface area contributed by atoms with E-state index >= 15 is 0 Å². The molecule has 0 spiro atoms. The first-order chi connectivity index (χ1) is 49.0. The van der Waals surface area contributed by atoms with Crippen LogP contribution in [0.5, 0.6) is 0 Å². The molecule has 2 aromatic rings. The van der Waals surface area contributed by atoms with Gasteiger partial charge in [-0.25, -0.2) is 0 Å². The number of fused-ring (bicyclic) bond motifs is 2. The number of hydrogen-bond donors (Lipinski definition) is 4. The molecule has 6 fully saturated rings. The molecule has 6 aliphatic rings. The van der Waals surface area contributed by atoms with Crippen molar-refractivity contribution in [2.24, 2.45) is 46.3 Å². The van der Waals surface area contributed by atoms with Crippen LogP contribution in [-0.4, -0.2) is 112 Å². The molecule has 2 aromatic carbocycles. The standard InChI is InChI=1S/C32H51O3PSi2.C31H54O4.C29H58O3Si2/c1-31(2,3)37(7,8)34-27-23-26(24-28(25-27)35-38(9,10)32(4,5)6)21-22-36(33,29-17-13-11-14-18-29)30-19-15-12-16-20-30;1-29(2,34)16-6-9-23(10-7-17-30(3,4)35)27-14-15-28-24(11-8-18-31(27,28)5)13-12-22-19-25(32)21-26(33)20-22;1-27(2,31-33(6,7)8)20-12-15-23(16-13-21-28(3,4)32-34(9,10)11)24-18-19-25-26(30)17-14-22-29(24,25)5/h11-21,27-28H,22-25H2,1-10H3;12-13,23,25-28,32-35H,6-11,14-21H2,1-5H3;23-25H,12-22H2,1-11H3/b;24-13+;/t27-,28-;25-,26-,27-,28?,31-;24-,25?,29-/m111/s1. The van der Waals surface area contributed by atoms with E-state index in [1.807, 2.05) is 88.4 Å². The Hall–Kier alpha value is -1.89. The fourth-order valence-corrected chi connectivity index (χ4v) is 28.8. The Morgan fingerprint density at radius 1 is 0.505 bits per heavy atom. The van der Waals surface area contributed by atoms with Crippen LogP contribution >= 0.6 is 7.14 Å². The quantitative estimate of drug-likeness (QED) is 0.0326. The predicted octanol–water partition coefficient (Wildman–Crippen LogP) is 24.3. The van der Waals surface area contributed by atoms with Crippen LogP contribution in [0.1, 0.15) is 291 Å². The zero-order valence-electron chi connectivity index (χ0n) is 73.5. The lowest BCUT2D eigenvalue weighted by atomic mass is 9.60. The summed E-state index contributed by atoms with van der Waals surface area (Å²) in [7, 11) is -9.78. The molecule has 8 rings (SSSR count).